The van der Waals surface area contributed by atoms with Crippen molar-refractivity contribution in [1.82, 2.24) is 0 Å². The van der Waals surface area contributed by atoms with Gasteiger partial charge in [-0.15, -0.1) is 0 Å². The maximum absolute atomic E-state index is 3.83. The number of para-hydroxylation sites is 1. The zero-order valence-electron chi connectivity index (χ0n) is 23.3. The van der Waals surface area contributed by atoms with Crippen LogP contribution in [0.25, 0.3) is 33.0 Å². The van der Waals surface area contributed by atoms with E-state index in [2.05, 4.69) is 179 Å². The molecule has 0 radical (unpaired) electrons. The third-order valence-electron chi connectivity index (χ3n) is 9.30. The summed E-state index contributed by atoms with van der Waals surface area (Å²) >= 11 is 3.83. The summed E-state index contributed by atoms with van der Waals surface area (Å²) in [6.07, 6.45) is 0. The Morgan fingerprint density at radius 2 is 0.907 bits per heavy atom. The Hall–Kier alpha value is -4.92. The van der Waals surface area contributed by atoms with Gasteiger partial charge in [0.2, 0.25) is 0 Å². The van der Waals surface area contributed by atoms with Crippen molar-refractivity contribution in [2.75, 3.05) is 4.90 Å². The van der Waals surface area contributed by atoms with E-state index in [1.165, 1.54) is 55.3 Å². The molecule has 0 fully saturated rings. The van der Waals surface area contributed by atoms with Gasteiger partial charge in [-0.25, -0.2) is 0 Å². The second kappa shape index (κ2) is 9.29. The molecule has 2 heteroatoms. The summed E-state index contributed by atoms with van der Waals surface area (Å²) in [6, 6.07) is 57.9. The van der Waals surface area contributed by atoms with Crippen LogP contribution in [0.2, 0.25) is 0 Å². The Morgan fingerprint density at radius 1 is 0.372 bits per heavy atom. The molecule has 1 unspecified atom stereocenters. The molecule has 0 aliphatic heterocycles. The molecule has 202 valence electrons. The highest BCUT2D eigenvalue weighted by Gasteiger charge is 2.51. The standard InChI is InChI=1S/C41H26BrN/c42-29-19-22-35-33-14-6-8-16-37(33)41(39(35)25-29)38-17-9-7-15-34(38)36-23-21-32(26-40(36)41)43(30-12-2-1-3-13-30)31-20-18-27-10-4-5-11-28(27)24-31/h1-26H. The van der Waals surface area contributed by atoms with Crippen molar-refractivity contribution in [2.45, 2.75) is 5.41 Å². The molecule has 0 aromatic heterocycles. The van der Waals surface area contributed by atoms with Crippen molar-refractivity contribution in [3.8, 4) is 22.3 Å². The van der Waals surface area contributed by atoms with Gasteiger partial charge in [-0.3, -0.25) is 0 Å². The van der Waals surface area contributed by atoms with Crippen molar-refractivity contribution in [1.29, 1.82) is 0 Å². The van der Waals surface area contributed by atoms with E-state index in [4.69, 9.17) is 0 Å². The molecule has 0 amide bonds. The summed E-state index contributed by atoms with van der Waals surface area (Å²) in [6.45, 7) is 0. The second-order valence-corrected chi connectivity index (χ2v) is 12.4. The molecule has 1 nitrogen and oxygen atoms in total. The van der Waals surface area contributed by atoms with E-state index < -0.39 is 5.41 Å². The minimum Gasteiger partial charge on any atom is -0.310 e. The molecule has 2 aliphatic carbocycles. The Morgan fingerprint density at radius 3 is 1.65 bits per heavy atom. The summed E-state index contributed by atoms with van der Waals surface area (Å²) in [5, 5.41) is 2.47. The molecule has 7 aromatic carbocycles. The first-order chi connectivity index (χ1) is 21.2. The first-order valence-electron chi connectivity index (χ1n) is 14.7. The fourth-order valence-electron chi connectivity index (χ4n) is 7.58. The lowest BCUT2D eigenvalue weighted by molar-refractivity contribution is 0.793. The Kier molecular flexibility index (Phi) is 5.33. The molecule has 0 saturated heterocycles. The van der Waals surface area contributed by atoms with Gasteiger partial charge in [0.15, 0.2) is 0 Å². The highest BCUT2D eigenvalue weighted by atomic mass is 79.9. The van der Waals surface area contributed by atoms with Crippen LogP contribution in [-0.2, 0) is 5.41 Å². The van der Waals surface area contributed by atoms with Crippen molar-refractivity contribution in [3.05, 3.63) is 184 Å². The van der Waals surface area contributed by atoms with Gasteiger partial charge in [0, 0.05) is 21.5 Å². The number of fused-ring (bicyclic) bond motifs is 11. The first-order valence-corrected chi connectivity index (χ1v) is 15.5. The Bertz CT molecular complexity index is 2200. The van der Waals surface area contributed by atoms with Crippen LogP contribution in [0.15, 0.2) is 162 Å². The normalized spacial score (nSPS) is 15.7. The molecule has 2 aliphatic rings. The number of halogens is 1. The van der Waals surface area contributed by atoms with E-state index in [1.807, 2.05) is 0 Å². The van der Waals surface area contributed by atoms with Crippen molar-refractivity contribution < 1.29 is 0 Å². The molecular weight excluding hydrogens is 586 g/mol. The predicted molar refractivity (Wildman–Crippen MR) is 183 cm³/mol. The number of nitrogens with zero attached hydrogens (tertiary/aromatic N) is 1. The van der Waals surface area contributed by atoms with Crippen molar-refractivity contribution in [3.63, 3.8) is 0 Å². The third kappa shape index (κ3) is 3.45. The topological polar surface area (TPSA) is 3.24 Å². The van der Waals surface area contributed by atoms with Crippen LogP contribution in [0.4, 0.5) is 17.1 Å². The van der Waals surface area contributed by atoms with E-state index in [0.717, 1.165) is 21.5 Å². The fourth-order valence-corrected chi connectivity index (χ4v) is 7.94. The molecular formula is C41H26BrN. The van der Waals surface area contributed by atoms with E-state index in [1.54, 1.807) is 0 Å². The van der Waals surface area contributed by atoms with Gasteiger partial charge in [-0.05, 0) is 104 Å². The van der Waals surface area contributed by atoms with Gasteiger partial charge in [0.25, 0.3) is 0 Å². The Labute approximate surface area is 259 Å². The van der Waals surface area contributed by atoms with E-state index in [9.17, 15) is 0 Å². The van der Waals surface area contributed by atoms with Gasteiger partial charge in [0.1, 0.15) is 0 Å². The molecule has 9 rings (SSSR count). The van der Waals surface area contributed by atoms with Crippen LogP contribution in [-0.4, -0.2) is 0 Å². The maximum atomic E-state index is 3.83. The smallest absolute Gasteiger partial charge is 0.0726 e. The van der Waals surface area contributed by atoms with Gasteiger partial charge >= 0.3 is 0 Å². The molecule has 7 aromatic rings. The van der Waals surface area contributed by atoms with Crippen LogP contribution in [0.5, 0.6) is 0 Å². The van der Waals surface area contributed by atoms with Gasteiger partial charge in [-0.2, -0.15) is 0 Å². The monoisotopic (exact) mass is 611 g/mol. The lowest BCUT2D eigenvalue weighted by Crippen LogP contribution is -2.26. The van der Waals surface area contributed by atoms with Crippen LogP contribution in [0.3, 0.4) is 0 Å². The van der Waals surface area contributed by atoms with Crippen molar-refractivity contribution >= 4 is 43.8 Å². The minimum atomic E-state index is -0.399. The van der Waals surface area contributed by atoms with Crippen molar-refractivity contribution in [2.24, 2.45) is 0 Å². The second-order valence-electron chi connectivity index (χ2n) is 11.5. The predicted octanol–water partition coefficient (Wildman–Crippen LogP) is 11.4. The number of hydrogen-bond donors (Lipinski definition) is 0. The molecule has 1 atom stereocenters. The molecule has 0 bridgehead atoms. The quantitative estimate of drug-likeness (QED) is 0.192. The average Bonchev–Trinajstić information content (AvgIpc) is 3.52. The summed E-state index contributed by atoms with van der Waals surface area (Å²) in [4.78, 5) is 2.39. The molecule has 0 heterocycles. The number of rotatable bonds is 3. The van der Waals surface area contributed by atoms with Gasteiger partial charge in [-0.1, -0.05) is 125 Å². The summed E-state index contributed by atoms with van der Waals surface area (Å²) in [5.41, 5.74) is 13.6. The summed E-state index contributed by atoms with van der Waals surface area (Å²) < 4.78 is 1.10. The largest absolute Gasteiger partial charge is 0.310 e. The summed E-state index contributed by atoms with van der Waals surface area (Å²) in [5.74, 6) is 0. The zero-order valence-corrected chi connectivity index (χ0v) is 24.9. The number of anilines is 3. The van der Waals surface area contributed by atoms with E-state index in [-0.39, 0.29) is 0 Å². The van der Waals surface area contributed by atoms with Crippen LogP contribution in [0.1, 0.15) is 22.3 Å². The van der Waals surface area contributed by atoms with Gasteiger partial charge < -0.3 is 4.90 Å². The fraction of sp³-hybridized carbons (Fsp3) is 0.0244. The summed E-state index contributed by atoms with van der Waals surface area (Å²) in [7, 11) is 0. The molecule has 43 heavy (non-hydrogen) atoms. The molecule has 1 spiro atoms. The highest BCUT2D eigenvalue weighted by molar-refractivity contribution is 9.10. The SMILES string of the molecule is Brc1ccc2c(c1)C1(c3ccccc3-2)c2ccccc2-c2ccc(N(c3ccccc3)c3ccc4ccccc4c3)cc21. The lowest BCUT2D eigenvalue weighted by Gasteiger charge is -2.32. The van der Waals surface area contributed by atoms with Crippen LogP contribution >= 0.6 is 15.9 Å². The van der Waals surface area contributed by atoms with Gasteiger partial charge in [0.05, 0.1) is 5.41 Å². The lowest BCUT2D eigenvalue weighted by atomic mass is 9.70. The zero-order chi connectivity index (χ0) is 28.5. The molecule has 0 saturated carbocycles. The average molecular weight is 613 g/mol. The number of hydrogen-bond acceptors (Lipinski definition) is 1. The molecule has 0 N–H and O–H groups in total. The van der Waals surface area contributed by atoms with E-state index in [0.29, 0.717) is 0 Å². The first kappa shape index (κ1) is 24.7. The Balaban J connectivity index is 1.35. The minimum absolute atomic E-state index is 0.399. The van der Waals surface area contributed by atoms with Crippen LogP contribution in [0, 0.1) is 0 Å². The van der Waals surface area contributed by atoms with E-state index >= 15 is 0 Å². The maximum Gasteiger partial charge on any atom is 0.0726 e. The van der Waals surface area contributed by atoms with Crippen LogP contribution < -0.4 is 4.90 Å². The highest BCUT2D eigenvalue weighted by Crippen LogP contribution is 2.63. The third-order valence-corrected chi connectivity index (χ3v) is 9.79. The number of benzene rings is 7.